The number of carbonyl (C=O) groups excluding carboxylic acids is 5. The van der Waals surface area contributed by atoms with Crippen molar-refractivity contribution < 1.29 is 48.0 Å². The van der Waals surface area contributed by atoms with Gasteiger partial charge < -0.3 is 24.1 Å². The van der Waals surface area contributed by atoms with Gasteiger partial charge in [0.1, 0.15) is 18.3 Å². The van der Waals surface area contributed by atoms with E-state index in [1.165, 1.54) is 27.7 Å². The molecule has 0 aromatic carbocycles. The van der Waals surface area contributed by atoms with E-state index in [1.807, 2.05) is 20.8 Å². The van der Waals surface area contributed by atoms with Gasteiger partial charge in [0.15, 0.2) is 11.9 Å². The average Bonchev–Trinajstić information content (AvgIpc) is 2.95. The lowest BCUT2D eigenvalue weighted by Crippen LogP contribution is -2.77. The highest BCUT2D eigenvalue weighted by atomic mass is 16.6. The van der Waals surface area contributed by atoms with Crippen LogP contribution in [0.1, 0.15) is 67.7 Å². The molecule has 4 aliphatic carbocycles. The number of rotatable bonds is 4. The summed E-state index contributed by atoms with van der Waals surface area (Å²) in [5, 5.41) is 11.3. The number of Topliss-reactive ketones (excluding diaryl/α,β-unsaturated/α-hetero) is 1. The zero-order valence-electron chi connectivity index (χ0n) is 23.1. The predicted molar refractivity (Wildman–Crippen MR) is 131 cm³/mol. The van der Waals surface area contributed by atoms with Crippen molar-refractivity contribution in [2.24, 2.45) is 34.0 Å². The Kier molecular flexibility index (Phi) is 6.82. The Morgan fingerprint density at radius 3 is 1.92 bits per heavy atom. The second-order valence-electron chi connectivity index (χ2n) is 12.3. The first-order valence-electron chi connectivity index (χ1n) is 13.1. The van der Waals surface area contributed by atoms with Gasteiger partial charge in [0.05, 0.1) is 11.5 Å². The Balaban J connectivity index is 2.09. The summed E-state index contributed by atoms with van der Waals surface area (Å²) in [5.74, 6) is -4.69. The summed E-state index contributed by atoms with van der Waals surface area (Å²) in [4.78, 5) is 63.9. The first-order valence-corrected chi connectivity index (χ1v) is 13.1. The first-order chi connectivity index (χ1) is 17.5. The van der Waals surface area contributed by atoms with E-state index in [9.17, 15) is 29.1 Å². The van der Waals surface area contributed by atoms with Crippen molar-refractivity contribution in [3.05, 3.63) is 12.2 Å². The van der Waals surface area contributed by atoms with Crippen LogP contribution in [0.4, 0.5) is 0 Å². The normalized spacial score (nSPS) is 42.8. The number of hydrogen-bond donors (Lipinski definition) is 1. The molecular weight excluding hydrogens is 496 g/mol. The minimum atomic E-state index is -1.45. The molecule has 10 nitrogen and oxygen atoms in total. The Morgan fingerprint density at radius 2 is 1.39 bits per heavy atom. The molecule has 4 aliphatic rings. The largest absolute Gasteiger partial charge is 0.462 e. The maximum absolute atomic E-state index is 14.2. The molecule has 0 saturated heterocycles. The highest BCUT2D eigenvalue weighted by Gasteiger charge is 2.80. The molecule has 1 spiro atoms. The molecule has 0 radical (unpaired) electrons. The number of ketones is 1. The van der Waals surface area contributed by atoms with Crippen molar-refractivity contribution in [2.45, 2.75) is 98.2 Å². The van der Waals surface area contributed by atoms with Crippen molar-refractivity contribution in [3.8, 4) is 0 Å². The van der Waals surface area contributed by atoms with E-state index in [0.717, 1.165) is 0 Å². The van der Waals surface area contributed by atoms with Crippen molar-refractivity contribution in [1.82, 2.24) is 0 Å². The molecule has 0 aromatic rings. The number of carbonyl (C=O) groups is 5. The van der Waals surface area contributed by atoms with Gasteiger partial charge in [-0.1, -0.05) is 27.4 Å². The first kappa shape index (κ1) is 28.3. The van der Waals surface area contributed by atoms with E-state index < -0.39 is 82.5 Å². The van der Waals surface area contributed by atoms with Gasteiger partial charge in [-0.25, -0.2) is 0 Å². The van der Waals surface area contributed by atoms with Crippen LogP contribution in [-0.2, 0) is 42.9 Å². The number of ether oxygens (including phenoxy) is 4. The summed E-state index contributed by atoms with van der Waals surface area (Å²) in [7, 11) is 0. The summed E-state index contributed by atoms with van der Waals surface area (Å²) < 4.78 is 23.5. The fourth-order valence-corrected chi connectivity index (χ4v) is 8.71. The van der Waals surface area contributed by atoms with Gasteiger partial charge in [-0.3, -0.25) is 24.0 Å². The molecule has 210 valence electrons. The molecule has 1 N–H and O–H groups in total. The SMILES string of the molecule is C=C1C(=O)[C@]23C[C@H]1C[C@H](OC(C)=O)[C@H]2[C@]1(C)[C@@H](OC(C)=O)C[C@H](O)C(C)(C)[C@H]1[C@@H](OC(C)=O)[C@@H]3OC(C)=O. The second-order valence-corrected chi connectivity index (χ2v) is 12.3. The molecule has 0 heterocycles. The monoisotopic (exact) mass is 534 g/mol. The summed E-state index contributed by atoms with van der Waals surface area (Å²) in [6.45, 7) is 14.5. The van der Waals surface area contributed by atoms with Gasteiger partial charge in [0.25, 0.3) is 0 Å². The number of fused-ring (bicyclic) bond motifs is 3. The molecule has 0 aliphatic heterocycles. The van der Waals surface area contributed by atoms with Crippen molar-refractivity contribution >= 4 is 29.7 Å². The third-order valence-electron chi connectivity index (χ3n) is 9.72. The zero-order valence-corrected chi connectivity index (χ0v) is 23.1. The average molecular weight is 535 g/mol. The lowest BCUT2D eigenvalue weighted by molar-refractivity contribution is -0.309. The lowest BCUT2D eigenvalue weighted by Gasteiger charge is -2.69. The van der Waals surface area contributed by atoms with E-state index in [0.29, 0.717) is 12.0 Å². The molecule has 10 heteroatoms. The Morgan fingerprint density at radius 1 is 0.842 bits per heavy atom. The van der Waals surface area contributed by atoms with Crippen molar-refractivity contribution in [1.29, 1.82) is 0 Å². The summed E-state index contributed by atoms with van der Waals surface area (Å²) in [5.41, 5.74) is -3.21. The van der Waals surface area contributed by atoms with Crippen LogP contribution >= 0.6 is 0 Å². The molecule has 0 unspecified atom stereocenters. The zero-order chi connectivity index (χ0) is 28.5. The molecule has 2 bridgehead atoms. The second kappa shape index (κ2) is 9.17. The van der Waals surface area contributed by atoms with Gasteiger partial charge in [0.2, 0.25) is 0 Å². The van der Waals surface area contributed by atoms with E-state index >= 15 is 0 Å². The quantitative estimate of drug-likeness (QED) is 0.324. The fraction of sp³-hybridized carbons (Fsp3) is 0.750. The highest BCUT2D eigenvalue weighted by molar-refractivity contribution is 6.04. The van der Waals surface area contributed by atoms with Crippen LogP contribution in [0.15, 0.2) is 12.2 Å². The maximum Gasteiger partial charge on any atom is 0.303 e. The highest BCUT2D eigenvalue weighted by Crippen LogP contribution is 2.72. The number of hydrogen-bond acceptors (Lipinski definition) is 10. The number of esters is 4. The molecule has 10 atom stereocenters. The van der Waals surface area contributed by atoms with Crippen LogP contribution in [0.5, 0.6) is 0 Å². The Labute approximate surface area is 222 Å². The van der Waals surface area contributed by atoms with Gasteiger partial charge in [0, 0.05) is 51.4 Å². The summed E-state index contributed by atoms with van der Waals surface area (Å²) in [6.07, 6.45) is -4.48. The molecule has 4 fully saturated rings. The molecule has 38 heavy (non-hydrogen) atoms. The predicted octanol–water partition coefficient (Wildman–Crippen LogP) is 2.29. The smallest absolute Gasteiger partial charge is 0.303 e. The molecule has 0 aromatic heterocycles. The number of allylic oxidation sites excluding steroid dienone is 1. The number of aliphatic hydroxyl groups is 1. The fourth-order valence-electron chi connectivity index (χ4n) is 8.71. The molecule has 0 amide bonds. The van der Waals surface area contributed by atoms with Crippen LogP contribution in [0.3, 0.4) is 0 Å². The third kappa shape index (κ3) is 3.89. The molecular formula is C28H38O10. The number of aliphatic hydroxyl groups excluding tert-OH is 1. The van der Waals surface area contributed by atoms with Gasteiger partial charge in [-0.15, -0.1) is 0 Å². The summed E-state index contributed by atoms with van der Waals surface area (Å²) in [6, 6.07) is 0. The topological polar surface area (TPSA) is 143 Å². The summed E-state index contributed by atoms with van der Waals surface area (Å²) >= 11 is 0. The van der Waals surface area contributed by atoms with Gasteiger partial charge >= 0.3 is 23.9 Å². The minimum absolute atomic E-state index is 0.0581. The van der Waals surface area contributed by atoms with E-state index in [1.54, 1.807) is 0 Å². The van der Waals surface area contributed by atoms with E-state index in [2.05, 4.69) is 6.58 Å². The van der Waals surface area contributed by atoms with Crippen LogP contribution in [0, 0.1) is 34.0 Å². The van der Waals surface area contributed by atoms with Gasteiger partial charge in [-0.2, -0.15) is 0 Å². The molecule has 4 saturated carbocycles. The molecule has 4 rings (SSSR count). The standard InChI is InChI=1S/C28H38O10/c1-12-17-9-18(35-13(2)29)22-27(8)20(36-14(3)30)10-19(33)26(6,7)23(27)21(37-15(4)31)25(38-16(5)32)28(22,11-17)24(12)34/h17-23,25,33H,1,9-11H2,2-8H3/t17-,18+,19+,20+,21-,22+,23-,25+,27+,28+/m1/s1. The lowest BCUT2D eigenvalue weighted by atomic mass is 9.37. The minimum Gasteiger partial charge on any atom is -0.462 e. The van der Waals surface area contributed by atoms with Crippen molar-refractivity contribution in [2.75, 3.05) is 0 Å². The van der Waals surface area contributed by atoms with Crippen molar-refractivity contribution in [3.63, 3.8) is 0 Å². The van der Waals surface area contributed by atoms with Gasteiger partial charge in [-0.05, 0) is 29.7 Å². The van der Waals surface area contributed by atoms with Crippen LogP contribution < -0.4 is 0 Å². The van der Waals surface area contributed by atoms with Crippen LogP contribution in [-0.4, -0.2) is 65.3 Å². The maximum atomic E-state index is 14.2. The van der Waals surface area contributed by atoms with Crippen LogP contribution in [0.2, 0.25) is 0 Å². The van der Waals surface area contributed by atoms with Crippen LogP contribution in [0.25, 0.3) is 0 Å². The Bertz CT molecular complexity index is 1090. The van der Waals surface area contributed by atoms with E-state index in [4.69, 9.17) is 18.9 Å². The Hall–Kier alpha value is -2.75. The third-order valence-corrected chi connectivity index (χ3v) is 9.72. The van der Waals surface area contributed by atoms with E-state index in [-0.39, 0.29) is 24.5 Å².